The molecule has 0 aromatic heterocycles. The van der Waals surface area contributed by atoms with Crippen molar-refractivity contribution in [3.05, 3.63) is 57.0 Å². The molecule has 4 nitrogen and oxygen atoms in total. The molecule has 1 amide bonds. The summed E-state index contributed by atoms with van der Waals surface area (Å²) in [7, 11) is 0. The third-order valence-electron chi connectivity index (χ3n) is 2.75. The second kappa shape index (κ2) is 6.26. The van der Waals surface area contributed by atoms with E-state index in [2.05, 4.69) is 26.7 Å². The van der Waals surface area contributed by atoms with Crippen molar-refractivity contribution in [3.8, 4) is 0 Å². The number of hydrogen-bond donors (Lipinski definition) is 3. The average Bonchev–Trinajstić information content (AvgIpc) is 2.43. The van der Waals surface area contributed by atoms with Crippen molar-refractivity contribution in [1.82, 2.24) is 0 Å². The van der Waals surface area contributed by atoms with Crippen LogP contribution in [0.4, 0.5) is 11.4 Å². The van der Waals surface area contributed by atoms with E-state index < -0.39 is 0 Å². The summed E-state index contributed by atoms with van der Waals surface area (Å²) in [6, 6.07) is 10.6. The van der Waals surface area contributed by atoms with E-state index in [4.69, 9.17) is 17.4 Å². The van der Waals surface area contributed by atoms with Gasteiger partial charge in [-0.15, -0.1) is 0 Å². The number of carbonyl (C=O) groups excluding carboxylic acids is 1. The number of hydrazine groups is 1. The number of amides is 1. The normalized spacial score (nSPS) is 10.2. The SMILES string of the molecule is Cc1ccc(NN)c(C(=O)Nc2ccc(Cl)c(Br)c2)c1. The quantitative estimate of drug-likeness (QED) is 0.577. The summed E-state index contributed by atoms with van der Waals surface area (Å²) in [4.78, 5) is 12.3. The molecular formula is C14H13BrClN3O. The Hall–Kier alpha value is -1.56. The lowest BCUT2D eigenvalue weighted by Gasteiger charge is -2.11. The number of benzene rings is 2. The number of nitrogens with two attached hydrogens (primary N) is 1. The number of nitrogen functional groups attached to an aromatic ring is 1. The van der Waals surface area contributed by atoms with Crippen molar-refractivity contribution in [3.63, 3.8) is 0 Å². The van der Waals surface area contributed by atoms with E-state index in [1.807, 2.05) is 13.0 Å². The second-order valence-corrected chi connectivity index (χ2v) is 5.54. The molecular weight excluding hydrogens is 342 g/mol. The van der Waals surface area contributed by atoms with E-state index in [-0.39, 0.29) is 5.91 Å². The Morgan fingerprint density at radius 1 is 1.25 bits per heavy atom. The van der Waals surface area contributed by atoms with Crippen LogP contribution in [0.1, 0.15) is 15.9 Å². The van der Waals surface area contributed by atoms with Crippen molar-refractivity contribution in [1.29, 1.82) is 0 Å². The fraction of sp³-hybridized carbons (Fsp3) is 0.0714. The summed E-state index contributed by atoms with van der Waals surface area (Å²) in [6.07, 6.45) is 0. The van der Waals surface area contributed by atoms with Crippen LogP contribution in [0, 0.1) is 6.92 Å². The maximum absolute atomic E-state index is 12.3. The highest BCUT2D eigenvalue weighted by molar-refractivity contribution is 9.10. The molecule has 0 radical (unpaired) electrons. The largest absolute Gasteiger partial charge is 0.323 e. The topological polar surface area (TPSA) is 67.1 Å². The highest BCUT2D eigenvalue weighted by Gasteiger charge is 2.12. The van der Waals surface area contributed by atoms with Gasteiger partial charge in [0.2, 0.25) is 0 Å². The zero-order chi connectivity index (χ0) is 14.7. The van der Waals surface area contributed by atoms with Gasteiger partial charge in [-0.1, -0.05) is 23.2 Å². The lowest BCUT2D eigenvalue weighted by molar-refractivity contribution is 0.102. The van der Waals surface area contributed by atoms with Gasteiger partial charge in [0, 0.05) is 10.2 Å². The van der Waals surface area contributed by atoms with Gasteiger partial charge in [0.05, 0.1) is 16.3 Å². The molecule has 6 heteroatoms. The summed E-state index contributed by atoms with van der Waals surface area (Å²) >= 11 is 9.23. The van der Waals surface area contributed by atoms with Crippen LogP contribution >= 0.6 is 27.5 Å². The molecule has 2 aromatic rings. The average molecular weight is 355 g/mol. The molecule has 0 aliphatic rings. The zero-order valence-corrected chi connectivity index (χ0v) is 13.0. The number of nitrogens with one attached hydrogen (secondary N) is 2. The number of rotatable bonds is 3. The first-order valence-electron chi connectivity index (χ1n) is 5.85. The van der Waals surface area contributed by atoms with Crippen LogP contribution in [-0.2, 0) is 0 Å². The third kappa shape index (κ3) is 3.30. The van der Waals surface area contributed by atoms with Crippen molar-refractivity contribution < 1.29 is 4.79 Å². The van der Waals surface area contributed by atoms with Crippen molar-refractivity contribution in [2.75, 3.05) is 10.7 Å². The molecule has 2 rings (SSSR count). The standard InChI is InChI=1S/C14H13BrClN3O/c1-8-2-5-13(19-17)10(6-8)14(20)18-9-3-4-12(16)11(15)7-9/h2-7,19H,17H2,1H3,(H,18,20). The van der Waals surface area contributed by atoms with Gasteiger partial charge in [-0.3, -0.25) is 10.6 Å². The minimum absolute atomic E-state index is 0.240. The van der Waals surface area contributed by atoms with Crippen molar-refractivity contribution in [2.24, 2.45) is 5.84 Å². The van der Waals surface area contributed by atoms with Crippen LogP contribution < -0.4 is 16.6 Å². The van der Waals surface area contributed by atoms with Crippen LogP contribution in [0.5, 0.6) is 0 Å². The molecule has 0 bridgehead atoms. The first kappa shape index (κ1) is 14.8. The molecule has 20 heavy (non-hydrogen) atoms. The van der Waals surface area contributed by atoms with Crippen molar-refractivity contribution >= 4 is 44.8 Å². The minimum Gasteiger partial charge on any atom is -0.323 e. The van der Waals surface area contributed by atoms with Crippen LogP contribution in [0.15, 0.2) is 40.9 Å². The van der Waals surface area contributed by atoms with Crippen LogP contribution in [0.25, 0.3) is 0 Å². The molecule has 0 aliphatic heterocycles. The zero-order valence-electron chi connectivity index (χ0n) is 10.7. The van der Waals surface area contributed by atoms with Gasteiger partial charge < -0.3 is 10.7 Å². The predicted molar refractivity (Wildman–Crippen MR) is 86.1 cm³/mol. The number of halogens is 2. The lowest BCUT2D eigenvalue weighted by Crippen LogP contribution is -2.17. The predicted octanol–water partition coefficient (Wildman–Crippen LogP) is 3.95. The minimum atomic E-state index is -0.240. The van der Waals surface area contributed by atoms with E-state index in [1.165, 1.54) is 0 Å². The summed E-state index contributed by atoms with van der Waals surface area (Å²) in [6.45, 7) is 1.91. The van der Waals surface area contributed by atoms with E-state index in [0.717, 1.165) is 10.0 Å². The smallest absolute Gasteiger partial charge is 0.257 e. The van der Waals surface area contributed by atoms with Gasteiger partial charge in [0.25, 0.3) is 5.91 Å². The molecule has 0 fully saturated rings. The molecule has 104 valence electrons. The van der Waals surface area contributed by atoms with E-state index in [1.54, 1.807) is 30.3 Å². The number of hydrogen-bond acceptors (Lipinski definition) is 3. The Morgan fingerprint density at radius 2 is 2.00 bits per heavy atom. The van der Waals surface area contributed by atoms with Gasteiger partial charge in [-0.05, 0) is 53.2 Å². The summed E-state index contributed by atoms with van der Waals surface area (Å²) in [5.74, 6) is 5.18. The van der Waals surface area contributed by atoms with E-state index in [0.29, 0.717) is 22.0 Å². The highest BCUT2D eigenvalue weighted by atomic mass is 79.9. The first-order valence-corrected chi connectivity index (χ1v) is 7.02. The summed E-state index contributed by atoms with van der Waals surface area (Å²) in [5, 5.41) is 3.39. The lowest BCUT2D eigenvalue weighted by atomic mass is 10.1. The van der Waals surface area contributed by atoms with Gasteiger partial charge in [0.15, 0.2) is 0 Å². The fourth-order valence-corrected chi connectivity index (χ4v) is 2.24. The maximum Gasteiger partial charge on any atom is 0.257 e. The molecule has 0 atom stereocenters. The molecule has 0 spiro atoms. The molecule has 4 N–H and O–H groups in total. The Morgan fingerprint density at radius 3 is 2.65 bits per heavy atom. The molecule has 0 saturated carbocycles. The van der Waals surface area contributed by atoms with Crippen LogP contribution in [0.3, 0.4) is 0 Å². The Balaban J connectivity index is 2.27. The number of aryl methyl sites for hydroxylation is 1. The summed E-state index contributed by atoms with van der Waals surface area (Å²) < 4.78 is 0.721. The summed E-state index contributed by atoms with van der Waals surface area (Å²) in [5.41, 5.74) is 5.20. The van der Waals surface area contributed by atoms with Crippen LogP contribution in [-0.4, -0.2) is 5.91 Å². The molecule has 0 unspecified atom stereocenters. The maximum atomic E-state index is 12.3. The number of carbonyl (C=O) groups is 1. The van der Waals surface area contributed by atoms with E-state index in [9.17, 15) is 4.79 Å². The Kier molecular flexibility index (Phi) is 4.65. The number of anilines is 2. The Bertz CT molecular complexity index is 661. The molecule has 0 aliphatic carbocycles. The highest BCUT2D eigenvalue weighted by Crippen LogP contribution is 2.26. The monoisotopic (exact) mass is 353 g/mol. The van der Waals surface area contributed by atoms with Gasteiger partial charge >= 0.3 is 0 Å². The van der Waals surface area contributed by atoms with Gasteiger partial charge in [-0.25, -0.2) is 0 Å². The van der Waals surface area contributed by atoms with E-state index >= 15 is 0 Å². The second-order valence-electron chi connectivity index (χ2n) is 4.28. The molecule has 2 aromatic carbocycles. The Labute approximate surface area is 130 Å². The van der Waals surface area contributed by atoms with Gasteiger partial charge in [0.1, 0.15) is 0 Å². The molecule has 0 heterocycles. The first-order chi connectivity index (χ1) is 9.51. The fourth-order valence-electron chi connectivity index (χ4n) is 1.74. The van der Waals surface area contributed by atoms with Crippen molar-refractivity contribution in [2.45, 2.75) is 6.92 Å². The van der Waals surface area contributed by atoms with Crippen LogP contribution in [0.2, 0.25) is 5.02 Å². The third-order valence-corrected chi connectivity index (χ3v) is 3.97. The molecule has 0 saturated heterocycles. The van der Waals surface area contributed by atoms with Gasteiger partial charge in [-0.2, -0.15) is 0 Å².